The smallest absolute Gasteiger partial charge is 0.311 e. The van der Waals surface area contributed by atoms with E-state index in [0.717, 1.165) is 0 Å². The summed E-state index contributed by atoms with van der Waals surface area (Å²) in [5.41, 5.74) is -0.0801. The van der Waals surface area contributed by atoms with Crippen molar-refractivity contribution in [3.05, 3.63) is 28.4 Å². The molecule has 1 fully saturated rings. The van der Waals surface area contributed by atoms with E-state index in [2.05, 4.69) is 4.98 Å². The van der Waals surface area contributed by atoms with Crippen molar-refractivity contribution in [1.82, 2.24) is 4.98 Å². The van der Waals surface area contributed by atoms with E-state index in [0.29, 0.717) is 19.4 Å². The Morgan fingerprint density at radius 1 is 1.61 bits per heavy atom. The largest absolute Gasteiger partial charge is 0.481 e. The monoisotopic (exact) mass is 251 g/mol. The minimum atomic E-state index is -0.863. The van der Waals surface area contributed by atoms with Gasteiger partial charge in [-0.2, -0.15) is 0 Å². The zero-order chi connectivity index (χ0) is 13.1. The molecule has 2 heterocycles. The van der Waals surface area contributed by atoms with Crippen LogP contribution in [0.2, 0.25) is 0 Å². The van der Waals surface area contributed by atoms with Crippen LogP contribution in [-0.4, -0.2) is 34.1 Å². The fourth-order valence-electron chi connectivity index (χ4n) is 2.15. The summed E-state index contributed by atoms with van der Waals surface area (Å²) in [7, 11) is 0. The quantitative estimate of drug-likeness (QED) is 0.642. The number of carbonyl (C=O) groups is 1. The zero-order valence-corrected chi connectivity index (χ0v) is 9.65. The molecule has 1 aromatic heterocycles. The molecular formula is C11H13N3O4. The number of pyridine rings is 1. The molecule has 0 radical (unpaired) electrons. The summed E-state index contributed by atoms with van der Waals surface area (Å²) in [5.74, 6) is -1.09. The van der Waals surface area contributed by atoms with E-state index < -0.39 is 16.8 Å². The first-order valence-corrected chi connectivity index (χ1v) is 5.66. The van der Waals surface area contributed by atoms with Crippen LogP contribution in [0.15, 0.2) is 18.3 Å². The first-order valence-electron chi connectivity index (χ1n) is 5.66. The molecule has 0 spiro atoms. The highest BCUT2D eigenvalue weighted by atomic mass is 16.6. The van der Waals surface area contributed by atoms with Gasteiger partial charge in [-0.05, 0) is 18.9 Å². The molecule has 96 valence electrons. The van der Waals surface area contributed by atoms with Crippen LogP contribution in [0.25, 0.3) is 0 Å². The molecule has 1 atom stereocenters. The molecule has 7 nitrogen and oxygen atoms in total. The number of carboxylic acid groups (broad SMARTS) is 1. The molecule has 0 bridgehead atoms. The third-order valence-electron chi connectivity index (χ3n) is 3.03. The summed E-state index contributed by atoms with van der Waals surface area (Å²) in [6.07, 6.45) is 2.78. The van der Waals surface area contributed by atoms with Crippen LogP contribution in [0, 0.1) is 16.0 Å². The Labute approximate surface area is 103 Å². The van der Waals surface area contributed by atoms with Gasteiger partial charge in [0.25, 0.3) is 0 Å². The molecule has 0 aromatic carbocycles. The van der Waals surface area contributed by atoms with Crippen LogP contribution in [0.5, 0.6) is 0 Å². The highest BCUT2D eigenvalue weighted by molar-refractivity contribution is 5.71. The lowest BCUT2D eigenvalue weighted by Crippen LogP contribution is -2.39. The first kappa shape index (κ1) is 12.3. The van der Waals surface area contributed by atoms with Gasteiger partial charge < -0.3 is 10.0 Å². The number of anilines is 1. The average Bonchev–Trinajstić information content (AvgIpc) is 2.39. The van der Waals surface area contributed by atoms with Gasteiger partial charge in [0, 0.05) is 25.4 Å². The number of aromatic nitrogens is 1. The normalized spacial score (nSPS) is 19.6. The third kappa shape index (κ3) is 2.39. The highest BCUT2D eigenvalue weighted by Crippen LogP contribution is 2.28. The lowest BCUT2D eigenvalue weighted by atomic mass is 9.98. The molecule has 7 heteroatoms. The molecule has 2 rings (SSSR count). The molecular weight excluding hydrogens is 238 g/mol. The molecule has 1 aliphatic heterocycles. The summed E-state index contributed by atoms with van der Waals surface area (Å²) in [5, 5.41) is 19.9. The standard InChI is InChI=1S/C11H13N3O4/c15-11(16)8-3-2-6-13(7-8)10-9(14(17)18)4-1-5-12-10/h1,4-5,8H,2-3,6-7H2,(H,15,16)/t8-/m1/s1. The lowest BCUT2D eigenvalue weighted by molar-refractivity contribution is -0.384. The Morgan fingerprint density at radius 2 is 2.39 bits per heavy atom. The number of nitrogens with zero attached hydrogens (tertiary/aromatic N) is 3. The second kappa shape index (κ2) is 4.99. The summed E-state index contributed by atoms with van der Waals surface area (Å²) >= 11 is 0. The Balaban J connectivity index is 2.26. The van der Waals surface area contributed by atoms with Crippen LogP contribution >= 0.6 is 0 Å². The Bertz CT molecular complexity index is 477. The van der Waals surface area contributed by atoms with Gasteiger partial charge in [-0.3, -0.25) is 14.9 Å². The summed E-state index contributed by atoms with van der Waals surface area (Å²) in [6, 6.07) is 2.88. The van der Waals surface area contributed by atoms with Crippen molar-refractivity contribution in [2.45, 2.75) is 12.8 Å². The lowest BCUT2D eigenvalue weighted by Gasteiger charge is -2.31. The maximum atomic E-state index is 11.0. The first-order chi connectivity index (χ1) is 8.59. The van der Waals surface area contributed by atoms with Gasteiger partial charge in [0.2, 0.25) is 5.82 Å². The van der Waals surface area contributed by atoms with Gasteiger partial charge in [-0.15, -0.1) is 0 Å². The van der Waals surface area contributed by atoms with Gasteiger partial charge in [0.05, 0.1) is 10.8 Å². The van der Waals surface area contributed by atoms with Gasteiger partial charge >= 0.3 is 11.7 Å². The maximum absolute atomic E-state index is 11.0. The highest BCUT2D eigenvalue weighted by Gasteiger charge is 2.29. The minimum absolute atomic E-state index is 0.0801. The molecule has 1 N–H and O–H groups in total. The fourth-order valence-corrected chi connectivity index (χ4v) is 2.15. The van der Waals surface area contributed by atoms with Crippen LogP contribution in [0.1, 0.15) is 12.8 Å². The SMILES string of the molecule is O=C(O)[C@@H]1CCCN(c2ncccc2[N+](=O)[O-])C1. The molecule has 1 aliphatic rings. The molecule has 1 aromatic rings. The predicted octanol–water partition coefficient (Wildman–Crippen LogP) is 1.29. The Hall–Kier alpha value is -2.18. The number of nitro groups is 1. The number of piperidine rings is 1. The second-order valence-corrected chi connectivity index (χ2v) is 4.23. The molecule has 1 saturated heterocycles. The topological polar surface area (TPSA) is 96.6 Å². The second-order valence-electron chi connectivity index (χ2n) is 4.23. The minimum Gasteiger partial charge on any atom is -0.481 e. The van der Waals surface area contributed by atoms with Crippen molar-refractivity contribution in [3.63, 3.8) is 0 Å². The van der Waals surface area contributed by atoms with E-state index in [4.69, 9.17) is 5.11 Å². The Morgan fingerprint density at radius 3 is 3.06 bits per heavy atom. The summed E-state index contributed by atoms with van der Waals surface area (Å²) in [4.78, 5) is 27.1. The van der Waals surface area contributed by atoms with Gasteiger partial charge in [0.1, 0.15) is 0 Å². The fraction of sp³-hybridized carbons (Fsp3) is 0.455. The van der Waals surface area contributed by atoms with E-state index in [1.807, 2.05) is 0 Å². The van der Waals surface area contributed by atoms with E-state index >= 15 is 0 Å². The van der Waals surface area contributed by atoms with Gasteiger partial charge in [-0.1, -0.05) is 0 Å². The van der Waals surface area contributed by atoms with Crippen molar-refractivity contribution in [2.24, 2.45) is 5.92 Å². The van der Waals surface area contributed by atoms with Crippen LogP contribution in [0.3, 0.4) is 0 Å². The summed E-state index contributed by atoms with van der Waals surface area (Å²) < 4.78 is 0. The van der Waals surface area contributed by atoms with Crippen molar-refractivity contribution in [2.75, 3.05) is 18.0 Å². The molecule has 0 amide bonds. The number of aliphatic carboxylic acids is 1. The van der Waals surface area contributed by atoms with E-state index in [1.165, 1.54) is 18.3 Å². The van der Waals surface area contributed by atoms with Crippen LogP contribution < -0.4 is 4.90 Å². The van der Waals surface area contributed by atoms with Gasteiger partial charge in [0.15, 0.2) is 0 Å². The molecule has 0 saturated carbocycles. The third-order valence-corrected chi connectivity index (χ3v) is 3.03. The summed E-state index contributed by atoms with van der Waals surface area (Å²) in [6.45, 7) is 0.870. The average molecular weight is 251 g/mol. The number of carboxylic acids is 1. The number of rotatable bonds is 3. The van der Waals surface area contributed by atoms with Crippen molar-refractivity contribution in [1.29, 1.82) is 0 Å². The van der Waals surface area contributed by atoms with Crippen molar-refractivity contribution >= 4 is 17.5 Å². The predicted molar refractivity (Wildman–Crippen MR) is 63.5 cm³/mol. The number of hydrogen-bond acceptors (Lipinski definition) is 5. The Kier molecular flexibility index (Phi) is 3.40. The maximum Gasteiger partial charge on any atom is 0.311 e. The van der Waals surface area contributed by atoms with Crippen molar-refractivity contribution < 1.29 is 14.8 Å². The molecule has 0 unspecified atom stereocenters. The van der Waals surface area contributed by atoms with E-state index in [-0.39, 0.29) is 18.1 Å². The molecule has 0 aliphatic carbocycles. The van der Waals surface area contributed by atoms with Crippen LogP contribution in [-0.2, 0) is 4.79 Å². The zero-order valence-electron chi connectivity index (χ0n) is 9.65. The van der Waals surface area contributed by atoms with Gasteiger partial charge in [-0.25, -0.2) is 4.98 Å². The van der Waals surface area contributed by atoms with Crippen LogP contribution in [0.4, 0.5) is 11.5 Å². The van der Waals surface area contributed by atoms with E-state index in [1.54, 1.807) is 4.90 Å². The van der Waals surface area contributed by atoms with Crippen molar-refractivity contribution in [3.8, 4) is 0 Å². The number of hydrogen-bond donors (Lipinski definition) is 1. The molecule has 18 heavy (non-hydrogen) atoms. The van der Waals surface area contributed by atoms with E-state index in [9.17, 15) is 14.9 Å².